The minimum atomic E-state index is -0.437. The summed E-state index contributed by atoms with van der Waals surface area (Å²) in [5, 5.41) is 10.6. The molecule has 1 saturated heterocycles. The van der Waals surface area contributed by atoms with E-state index in [1.807, 2.05) is 18.7 Å². The molecule has 0 bridgehead atoms. The van der Waals surface area contributed by atoms with Gasteiger partial charge in [-0.05, 0) is 19.1 Å². The van der Waals surface area contributed by atoms with E-state index in [2.05, 4.69) is 0 Å². The van der Waals surface area contributed by atoms with E-state index < -0.39 is 4.92 Å². The van der Waals surface area contributed by atoms with Crippen molar-refractivity contribution in [1.29, 1.82) is 0 Å². The Kier molecular flexibility index (Phi) is 5.54. The summed E-state index contributed by atoms with van der Waals surface area (Å²) in [6.45, 7) is 4.99. The lowest BCUT2D eigenvalue weighted by molar-refractivity contribution is -0.384. The van der Waals surface area contributed by atoms with Gasteiger partial charge in [-0.25, -0.2) is 0 Å². The highest BCUT2D eigenvalue weighted by Crippen LogP contribution is 2.22. The summed E-state index contributed by atoms with van der Waals surface area (Å²) < 4.78 is 5.84. The van der Waals surface area contributed by atoms with Crippen LogP contribution in [0.15, 0.2) is 24.3 Å². The molecule has 126 valence electrons. The van der Waals surface area contributed by atoms with Gasteiger partial charge in [0.05, 0.1) is 10.8 Å². The Morgan fingerprint density at radius 1 is 1.30 bits per heavy atom. The van der Waals surface area contributed by atoms with Crippen LogP contribution in [0.25, 0.3) is 0 Å². The predicted octanol–water partition coefficient (Wildman–Crippen LogP) is 1.95. The number of amides is 1. The first-order chi connectivity index (χ1) is 10.9. The van der Waals surface area contributed by atoms with E-state index in [1.54, 1.807) is 12.1 Å². The topological polar surface area (TPSA) is 98.7 Å². The molecule has 1 aromatic carbocycles. The molecule has 1 aromatic rings. The molecule has 0 aromatic heterocycles. The molecule has 2 atom stereocenters. The summed E-state index contributed by atoms with van der Waals surface area (Å²) in [6, 6.07) is 5.91. The van der Waals surface area contributed by atoms with E-state index in [4.69, 9.17) is 10.5 Å². The lowest BCUT2D eigenvalue weighted by atomic mass is 10.0. The third-order valence-corrected chi connectivity index (χ3v) is 4.28. The smallest absolute Gasteiger partial charge is 0.269 e. The van der Waals surface area contributed by atoms with Crippen molar-refractivity contribution in [2.75, 3.05) is 13.1 Å². The summed E-state index contributed by atoms with van der Waals surface area (Å²) in [5.74, 6) is 0.528. The summed E-state index contributed by atoms with van der Waals surface area (Å²) in [7, 11) is 0. The van der Waals surface area contributed by atoms with Crippen LogP contribution in [0.5, 0.6) is 5.75 Å². The number of likely N-dealkylation sites (tertiary alicyclic amines) is 1. The number of hydrogen-bond donors (Lipinski definition) is 1. The van der Waals surface area contributed by atoms with Crippen LogP contribution in [0.2, 0.25) is 0 Å². The number of benzene rings is 1. The zero-order valence-corrected chi connectivity index (χ0v) is 13.5. The van der Waals surface area contributed by atoms with Crippen molar-refractivity contribution in [3.8, 4) is 5.75 Å². The van der Waals surface area contributed by atoms with E-state index in [-0.39, 0.29) is 29.7 Å². The standard InChI is InChI=1S/C16H23N3O4/c1-11(12(2)17)16(20)18-9-7-15(8-10-18)23-14-5-3-13(4-6-14)19(21)22/h3-6,11-12,15H,7-10,17H2,1-2H3. The van der Waals surface area contributed by atoms with Gasteiger partial charge in [0, 0.05) is 44.1 Å². The first-order valence-electron chi connectivity index (χ1n) is 7.84. The van der Waals surface area contributed by atoms with Gasteiger partial charge in [0.2, 0.25) is 5.91 Å². The monoisotopic (exact) mass is 321 g/mol. The summed E-state index contributed by atoms with van der Waals surface area (Å²) in [4.78, 5) is 24.3. The van der Waals surface area contributed by atoms with Gasteiger partial charge < -0.3 is 15.4 Å². The number of nitro benzene ring substituents is 1. The number of ether oxygens (including phenoxy) is 1. The van der Waals surface area contributed by atoms with Gasteiger partial charge in [0.1, 0.15) is 11.9 Å². The molecular formula is C16H23N3O4. The number of carbonyl (C=O) groups excluding carboxylic acids is 1. The van der Waals surface area contributed by atoms with Gasteiger partial charge in [-0.1, -0.05) is 6.92 Å². The maximum atomic E-state index is 12.2. The average Bonchev–Trinajstić information content (AvgIpc) is 2.54. The highest BCUT2D eigenvalue weighted by molar-refractivity contribution is 5.79. The van der Waals surface area contributed by atoms with E-state index in [9.17, 15) is 14.9 Å². The second kappa shape index (κ2) is 7.41. The van der Waals surface area contributed by atoms with Gasteiger partial charge in [-0.3, -0.25) is 14.9 Å². The Balaban J connectivity index is 1.85. The minimum absolute atomic E-state index is 0.0195. The second-order valence-corrected chi connectivity index (χ2v) is 6.04. The molecule has 1 aliphatic rings. The molecule has 1 fully saturated rings. The zero-order valence-electron chi connectivity index (χ0n) is 13.5. The summed E-state index contributed by atoms with van der Waals surface area (Å²) >= 11 is 0. The number of nitro groups is 1. The zero-order chi connectivity index (χ0) is 17.0. The molecule has 2 unspecified atom stereocenters. The van der Waals surface area contributed by atoms with Crippen LogP contribution in [0.1, 0.15) is 26.7 Å². The number of rotatable bonds is 5. The van der Waals surface area contributed by atoms with Crippen LogP contribution in [-0.4, -0.2) is 41.0 Å². The van der Waals surface area contributed by atoms with Crippen molar-refractivity contribution in [2.24, 2.45) is 11.7 Å². The molecule has 7 heteroatoms. The Morgan fingerprint density at radius 2 is 1.87 bits per heavy atom. The van der Waals surface area contributed by atoms with Gasteiger partial charge in [0.15, 0.2) is 0 Å². The molecule has 7 nitrogen and oxygen atoms in total. The Morgan fingerprint density at radius 3 is 2.35 bits per heavy atom. The van der Waals surface area contributed by atoms with Crippen molar-refractivity contribution in [3.05, 3.63) is 34.4 Å². The number of nitrogens with two attached hydrogens (primary N) is 1. The highest BCUT2D eigenvalue weighted by atomic mass is 16.6. The molecule has 1 amide bonds. The van der Waals surface area contributed by atoms with E-state index in [0.29, 0.717) is 18.8 Å². The van der Waals surface area contributed by atoms with Crippen molar-refractivity contribution in [3.63, 3.8) is 0 Å². The van der Waals surface area contributed by atoms with Crippen LogP contribution in [0.4, 0.5) is 5.69 Å². The van der Waals surface area contributed by atoms with Crippen LogP contribution < -0.4 is 10.5 Å². The molecule has 1 aliphatic heterocycles. The number of non-ortho nitro benzene ring substituents is 1. The molecule has 0 aliphatic carbocycles. The molecule has 0 spiro atoms. The fraction of sp³-hybridized carbons (Fsp3) is 0.562. The molecule has 1 heterocycles. The largest absolute Gasteiger partial charge is 0.490 e. The van der Waals surface area contributed by atoms with Crippen molar-refractivity contribution in [2.45, 2.75) is 38.8 Å². The van der Waals surface area contributed by atoms with Crippen LogP contribution >= 0.6 is 0 Å². The number of piperidine rings is 1. The van der Waals surface area contributed by atoms with Gasteiger partial charge in [-0.15, -0.1) is 0 Å². The maximum absolute atomic E-state index is 12.2. The number of carbonyl (C=O) groups is 1. The van der Waals surface area contributed by atoms with Gasteiger partial charge >= 0.3 is 0 Å². The Hall–Kier alpha value is -2.15. The maximum Gasteiger partial charge on any atom is 0.269 e. The SMILES string of the molecule is CC(N)C(C)C(=O)N1CCC(Oc2ccc([N+](=O)[O-])cc2)CC1. The molecule has 2 rings (SSSR count). The number of nitrogens with zero attached hydrogens (tertiary/aromatic N) is 2. The highest BCUT2D eigenvalue weighted by Gasteiger charge is 2.28. The first-order valence-corrected chi connectivity index (χ1v) is 7.84. The quantitative estimate of drug-likeness (QED) is 0.660. The Labute approximate surface area is 135 Å². The van der Waals surface area contributed by atoms with Crippen LogP contribution in [0, 0.1) is 16.0 Å². The molecular weight excluding hydrogens is 298 g/mol. The molecule has 0 saturated carbocycles. The van der Waals surface area contributed by atoms with Crippen molar-refractivity contribution >= 4 is 11.6 Å². The third-order valence-electron chi connectivity index (χ3n) is 4.28. The fourth-order valence-electron chi connectivity index (χ4n) is 2.55. The van der Waals surface area contributed by atoms with E-state index >= 15 is 0 Å². The molecule has 0 radical (unpaired) electrons. The van der Waals surface area contributed by atoms with Crippen LogP contribution in [0.3, 0.4) is 0 Å². The first kappa shape index (κ1) is 17.2. The molecule has 2 N–H and O–H groups in total. The fourth-order valence-corrected chi connectivity index (χ4v) is 2.55. The summed E-state index contributed by atoms with van der Waals surface area (Å²) in [5.41, 5.74) is 5.83. The summed E-state index contributed by atoms with van der Waals surface area (Å²) in [6.07, 6.45) is 1.51. The van der Waals surface area contributed by atoms with Gasteiger partial charge in [0.25, 0.3) is 5.69 Å². The van der Waals surface area contributed by atoms with E-state index in [1.165, 1.54) is 12.1 Å². The van der Waals surface area contributed by atoms with Crippen molar-refractivity contribution < 1.29 is 14.5 Å². The second-order valence-electron chi connectivity index (χ2n) is 6.04. The Bertz CT molecular complexity index is 551. The minimum Gasteiger partial charge on any atom is -0.490 e. The lowest BCUT2D eigenvalue weighted by Crippen LogP contribution is -2.47. The lowest BCUT2D eigenvalue weighted by Gasteiger charge is -2.34. The van der Waals surface area contributed by atoms with E-state index in [0.717, 1.165) is 12.8 Å². The average molecular weight is 321 g/mol. The van der Waals surface area contributed by atoms with Gasteiger partial charge in [-0.2, -0.15) is 0 Å². The number of hydrogen-bond acceptors (Lipinski definition) is 5. The normalized spacial score (nSPS) is 18.3. The van der Waals surface area contributed by atoms with Crippen LogP contribution in [-0.2, 0) is 4.79 Å². The molecule has 23 heavy (non-hydrogen) atoms. The predicted molar refractivity (Wildman–Crippen MR) is 86.1 cm³/mol. The third kappa shape index (κ3) is 4.41. The van der Waals surface area contributed by atoms with Crippen molar-refractivity contribution in [1.82, 2.24) is 4.90 Å².